The molecule has 2 rings (SSSR count). The number of benzene rings is 1. The lowest BCUT2D eigenvalue weighted by molar-refractivity contribution is 0.0526. The van der Waals surface area contributed by atoms with Crippen molar-refractivity contribution in [3.63, 3.8) is 0 Å². The average Bonchev–Trinajstić information content (AvgIpc) is 2.59. The van der Waals surface area contributed by atoms with Crippen molar-refractivity contribution in [3.8, 4) is 11.5 Å². The van der Waals surface area contributed by atoms with E-state index in [-0.39, 0.29) is 12.0 Å². The summed E-state index contributed by atoms with van der Waals surface area (Å²) >= 11 is 0. The molecule has 1 heterocycles. The Morgan fingerprint density at radius 1 is 1.17 bits per heavy atom. The van der Waals surface area contributed by atoms with E-state index in [4.69, 9.17) is 14.2 Å². The molecule has 1 aromatic heterocycles. The van der Waals surface area contributed by atoms with Gasteiger partial charge in [0.2, 0.25) is 5.43 Å². The average molecular weight is 331 g/mol. The quantitative estimate of drug-likeness (QED) is 0.753. The van der Waals surface area contributed by atoms with Gasteiger partial charge in [-0.15, -0.1) is 0 Å². The van der Waals surface area contributed by atoms with Crippen LogP contribution in [0, 0.1) is 0 Å². The van der Waals surface area contributed by atoms with Crippen molar-refractivity contribution in [3.05, 3.63) is 58.0 Å². The highest BCUT2D eigenvalue weighted by atomic mass is 16.5. The summed E-state index contributed by atoms with van der Waals surface area (Å²) in [7, 11) is 0. The lowest BCUT2D eigenvalue weighted by atomic mass is 10.2. The van der Waals surface area contributed by atoms with E-state index in [1.165, 1.54) is 12.3 Å². The van der Waals surface area contributed by atoms with Crippen molar-refractivity contribution in [2.45, 2.75) is 26.9 Å². The second kappa shape index (κ2) is 8.76. The molecule has 0 radical (unpaired) electrons. The number of nitrogens with one attached hydrogen (secondary N) is 1. The minimum Gasteiger partial charge on any atom is -0.488 e. The topological polar surface area (TPSA) is 77.6 Å². The van der Waals surface area contributed by atoms with Crippen LogP contribution in [0.1, 0.15) is 36.3 Å². The molecule has 1 N–H and O–H groups in total. The van der Waals surface area contributed by atoms with Crippen LogP contribution >= 0.6 is 0 Å². The van der Waals surface area contributed by atoms with Gasteiger partial charge < -0.3 is 19.2 Å². The van der Waals surface area contributed by atoms with Crippen LogP contribution in [0.3, 0.4) is 0 Å². The Labute approximate surface area is 140 Å². The predicted octanol–water partition coefficient (Wildman–Crippen LogP) is 2.92. The van der Waals surface area contributed by atoms with E-state index >= 15 is 0 Å². The predicted molar refractivity (Wildman–Crippen MR) is 89.6 cm³/mol. The molecule has 6 heteroatoms. The van der Waals surface area contributed by atoms with E-state index < -0.39 is 5.97 Å². The molecule has 128 valence electrons. The Balaban J connectivity index is 2.00. The fraction of sp³-hybridized carbons (Fsp3) is 0.333. The highest BCUT2D eigenvalue weighted by Gasteiger charge is 2.08. The number of pyridine rings is 1. The number of esters is 1. The van der Waals surface area contributed by atoms with Gasteiger partial charge in [0.05, 0.1) is 24.5 Å². The van der Waals surface area contributed by atoms with Crippen molar-refractivity contribution in [1.82, 2.24) is 4.98 Å². The molecule has 0 saturated carbocycles. The number of ether oxygens (including phenoxy) is 3. The van der Waals surface area contributed by atoms with Gasteiger partial charge in [-0.3, -0.25) is 4.79 Å². The van der Waals surface area contributed by atoms with E-state index in [0.29, 0.717) is 36.0 Å². The number of aromatic amines is 1. The maximum absolute atomic E-state index is 11.9. The molecular weight excluding hydrogens is 310 g/mol. The number of carbonyl (C=O) groups is 1. The molecule has 0 amide bonds. The lowest BCUT2D eigenvalue weighted by Gasteiger charge is -2.09. The summed E-state index contributed by atoms with van der Waals surface area (Å²) in [5, 5.41) is 0. The molecule has 0 aliphatic carbocycles. The zero-order chi connectivity index (χ0) is 17.4. The van der Waals surface area contributed by atoms with Crippen LogP contribution < -0.4 is 14.9 Å². The molecule has 0 bridgehead atoms. The minimum absolute atomic E-state index is 0.176. The Morgan fingerprint density at radius 2 is 2.00 bits per heavy atom. The number of carbonyl (C=O) groups excluding carboxylic acids is 1. The summed E-state index contributed by atoms with van der Waals surface area (Å²) < 4.78 is 15.9. The van der Waals surface area contributed by atoms with E-state index in [0.717, 1.165) is 6.42 Å². The third-order valence-electron chi connectivity index (χ3n) is 3.14. The molecule has 24 heavy (non-hydrogen) atoms. The Bertz CT molecular complexity index is 738. The number of H-pyrrole nitrogens is 1. The molecule has 0 fully saturated rings. The van der Waals surface area contributed by atoms with E-state index in [1.807, 2.05) is 6.92 Å². The molecule has 0 spiro atoms. The summed E-state index contributed by atoms with van der Waals surface area (Å²) in [6.07, 6.45) is 2.37. The van der Waals surface area contributed by atoms with Gasteiger partial charge in [-0.05, 0) is 31.5 Å². The van der Waals surface area contributed by atoms with Gasteiger partial charge in [0, 0.05) is 12.3 Å². The molecular formula is C18H21NO5. The highest BCUT2D eigenvalue weighted by molar-refractivity contribution is 5.89. The molecule has 1 aromatic carbocycles. The van der Waals surface area contributed by atoms with Gasteiger partial charge >= 0.3 is 5.97 Å². The summed E-state index contributed by atoms with van der Waals surface area (Å²) in [6, 6.07) is 8.16. The number of rotatable bonds is 8. The summed E-state index contributed by atoms with van der Waals surface area (Å²) in [5.41, 5.74) is 0.845. The minimum atomic E-state index is -0.395. The van der Waals surface area contributed by atoms with E-state index in [2.05, 4.69) is 4.98 Å². The van der Waals surface area contributed by atoms with Gasteiger partial charge in [-0.25, -0.2) is 4.79 Å². The first-order chi connectivity index (χ1) is 11.6. The SMILES string of the molecule is CCCOc1c[nH]c(COc2cccc(C(=O)OCC)c2)cc1=O. The molecule has 0 atom stereocenters. The summed E-state index contributed by atoms with van der Waals surface area (Å²) in [4.78, 5) is 26.6. The van der Waals surface area contributed by atoms with Gasteiger partial charge in [-0.2, -0.15) is 0 Å². The van der Waals surface area contributed by atoms with Crippen LogP contribution in [0.15, 0.2) is 41.3 Å². The second-order valence-electron chi connectivity index (χ2n) is 5.07. The third kappa shape index (κ3) is 4.87. The maximum atomic E-state index is 11.9. The first kappa shape index (κ1) is 17.6. The van der Waals surface area contributed by atoms with Crippen LogP contribution in [-0.2, 0) is 11.3 Å². The molecule has 6 nitrogen and oxygen atoms in total. The molecule has 2 aromatic rings. The van der Waals surface area contributed by atoms with Gasteiger partial charge in [0.25, 0.3) is 0 Å². The van der Waals surface area contributed by atoms with Crippen molar-refractivity contribution >= 4 is 5.97 Å². The monoisotopic (exact) mass is 331 g/mol. The van der Waals surface area contributed by atoms with Crippen LogP contribution in [0.5, 0.6) is 11.5 Å². The van der Waals surface area contributed by atoms with E-state index in [1.54, 1.807) is 31.2 Å². The van der Waals surface area contributed by atoms with E-state index in [9.17, 15) is 9.59 Å². The molecule has 0 aliphatic heterocycles. The lowest BCUT2D eigenvalue weighted by Crippen LogP contribution is -2.11. The Kier molecular flexibility index (Phi) is 6.42. The first-order valence-electron chi connectivity index (χ1n) is 7.88. The van der Waals surface area contributed by atoms with Crippen molar-refractivity contribution in [2.75, 3.05) is 13.2 Å². The first-order valence-corrected chi connectivity index (χ1v) is 7.88. The maximum Gasteiger partial charge on any atom is 0.338 e. The largest absolute Gasteiger partial charge is 0.488 e. The summed E-state index contributed by atoms with van der Waals surface area (Å²) in [6.45, 7) is 4.72. The summed E-state index contributed by atoms with van der Waals surface area (Å²) in [5.74, 6) is 0.423. The normalized spacial score (nSPS) is 10.2. The van der Waals surface area contributed by atoms with Crippen LogP contribution in [0.2, 0.25) is 0 Å². The fourth-order valence-electron chi connectivity index (χ4n) is 2.00. The molecule has 0 aliphatic rings. The Hall–Kier alpha value is -2.76. The zero-order valence-corrected chi connectivity index (χ0v) is 13.8. The third-order valence-corrected chi connectivity index (χ3v) is 3.14. The standard InChI is InChI=1S/C18H21NO5/c1-3-8-23-17-11-19-14(10-16(17)20)12-24-15-7-5-6-13(9-15)18(21)22-4-2/h5-7,9-11H,3-4,8,12H2,1-2H3,(H,19,20). The van der Waals surface area contributed by atoms with Crippen molar-refractivity contribution < 1.29 is 19.0 Å². The van der Waals surface area contributed by atoms with Crippen molar-refractivity contribution in [2.24, 2.45) is 0 Å². The highest BCUT2D eigenvalue weighted by Crippen LogP contribution is 2.15. The van der Waals surface area contributed by atoms with Crippen LogP contribution in [0.25, 0.3) is 0 Å². The van der Waals surface area contributed by atoms with Crippen LogP contribution in [0.4, 0.5) is 0 Å². The Morgan fingerprint density at radius 3 is 2.71 bits per heavy atom. The molecule has 0 saturated heterocycles. The second-order valence-corrected chi connectivity index (χ2v) is 5.07. The van der Waals surface area contributed by atoms with Crippen LogP contribution in [-0.4, -0.2) is 24.2 Å². The number of aromatic nitrogens is 1. The zero-order valence-electron chi connectivity index (χ0n) is 13.8. The number of hydrogen-bond donors (Lipinski definition) is 1. The molecule has 0 unspecified atom stereocenters. The van der Waals surface area contributed by atoms with Gasteiger partial charge in [0.15, 0.2) is 5.75 Å². The fourth-order valence-corrected chi connectivity index (χ4v) is 2.00. The smallest absolute Gasteiger partial charge is 0.338 e. The van der Waals surface area contributed by atoms with Gasteiger partial charge in [-0.1, -0.05) is 13.0 Å². The number of hydrogen-bond acceptors (Lipinski definition) is 5. The van der Waals surface area contributed by atoms with Crippen molar-refractivity contribution in [1.29, 1.82) is 0 Å². The van der Waals surface area contributed by atoms with Gasteiger partial charge in [0.1, 0.15) is 12.4 Å².